The maximum atomic E-state index is 5.89. The Morgan fingerprint density at radius 3 is 2.74 bits per heavy atom. The summed E-state index contributed by atoms with van der Waals surface area (Å²) < 4.78 is 0. The lowest BCUT2D eigenvalue weighted by Crippen LogP contribution is -2.15. The topological polar surface area (TPSA) is 28.2 Å². The molecule has 0 aliphatic carbocycles. The zero-order valence-corrected chi connectivity index (χ0v) is 12.8. The average molecular weight is 296 g/mol. The lowest BCUT2D eigenvalue weighted by Gasteiger charge is -2.15. The number of thiazole rings is 1. The number of nitrogens with zero attached hydrogens (tertiary/aromatic N) is 2. The summed E-state index contributed by atoms with van der Waals surface area (Å²) in [6, 6.07) is 7.93. The Labute approximate surface area is 123 Å². The normalized spacial score (nSPS) is 10.7. The van der Waals surface area contributed by atoms with Crippen LogP contribution >= 0.6 is 22.9 Å². The van der Waals surface area contributed by atoms with Crippen molar-refractivity contribution < 1.29 is 0 Å². The molecule has 0 atom stereocenters. The summed E-state index contributed by atoms with van der Waals surface area (Å²) >= 11 is 7.62. The van der Waals surface area contributed by atoms with Gasteiger partial charge in [-0.1, -0.05) is 30.7 Å². The van der Waals surface area contributed by atoms with Crippen LogP contribution in [-0.2, 0) is 13.1 Å². The van der Waals surface area contributed by atoms with Gasteiger partial charge in [0.25, 0.3) is 0 Å². The summed E-state index contributed by atoms with van der Waals surface area (Å²) in [6.07, 6.45) is 1.95. The largest absolute Gasteiger partial charge is 0.347 e. The Bertz CT molecular complexity index is 510. The number of halogens is 1. The molecule has 0 aliphatic rings. The van der Waals surface area contributed by atoms with Gasteiger partial charge in [-0.3, -0.25) is 0 Å². The third kappa shape index (κ3) is 4.20. The van der Waals surface area contributed by atoms with Gasteiger partial charge in [0, 0.05) is 36.2 Å². The van der Waals surface area contributed by atoms with E-state index in [0.717, 1.165) is 29.8 Å². The van der Waals surface area contributed by atoms with E-state index in [0.29, 0.717) is 0 Å². The van der Waals surface area contributed by atoms with Crippen LogP contribution in [0.4, 0.5) is 5.13 Å². The fourth-order valence-electron chi connectivity index (χ4n) is 1.73. The molecule has 5 heteroatoms. The lowest BCUT2D eigenvalue weighted by atomic mass is 10.2. The number of anilines is 1. The highest BCUT2D eigenvalue weighted by atomic mass is 35.5. The number of aromatic nitrogens is 1. The fourth-order valence-corrected chi connectivity index (χ4v) is 2.70. The van der Waals surface area contributed by atoms with Gasteiger partial charge >= 0.3 is 0 Å². The van der Waals surface area contributed by atoms with Gasteiger partial charge in [-0.2, -0.15) is 0 Å². The van der Waals surface area contributed by atoms with E-state index in [9.17, 15) is 0 Å². The molecule has 1 heterocycles. The maximum Gasteiger partial charge on any atom is 0.185 e. The van der Waals surface area contributed by atoms with Gasteiger partial charge in [-0.25, -0.2) is 4.98 Å². The first-order valence-corrected chi connectivity index (χ1v) is 7.49. The van der Waals surface area contributed by atoms with Crippen LogP contribution in [0.3, 0.4) is 0 Å². The molecule has 2 rings (SSSR count). The highest BCUT2D eigenvalue weighted by Crippen LogP contribution is 2.23. The molecule has 1 aromatic carbocycles. The highest BCUT2D eigenvalue weighted by Gasteiger charge is 2.07. The maximum absolute atomic E-state index is 5.89. The van der Waals surface area contributed by atoms with Crippen LogP contribution in [0.15, 0.2) is 30.5 Å². The van der Waals surface area contributed by atoms with Gasteiger partial charge in [0.15, 0.2) is 5.13 Å². The Hall–Kier alpha value is -1.10. The molecule has 0 bridgehead atoms. The number of hydrogen-bond acceptors (Lipinski definition) is 4. The highest BCUT2D eigenvalue weighted by molar-refractivity contribution is 7.15. The van der Waals surface area contributed by atoms with Crippen molar-refractivity contribution >= 4 is 28.1 Å². The molecular weight excluding hydrogens is 278 g/mol. The van der Waals surface area contributed by atoms with E-state index in [1.165, 1.54) is 10.4 Å². The Balaban J connectivity index is 1.97. The summed E-state index contributed by atoms with van der Waals surface area (Å²) in [5, 5.41) is 5.13. The minimum atomic E-state index is 0.772. The minimum absolute atomic E-state index is 0.772. The van der Waals surface area contributed by atoms with E-state index in [1.807, 2.05) is 30.5 Å². The number of benzene rings is 1. The second-order valence-electron chi connectivity index (χ2n) is 4.37. The molecule has 1 aromatic heterocycles. The molecule has 0 fully saturated rings. The van der Waals surface area contributed by atoms with E-state index < -0.39 is 0 Å². The summed E-state index contributed by atoms with van der Waals surface area (Å²) in [4.78, 5) is 7.88. The van der Waals surface area contributed by atoms with E-state index in [-0.39, 0.29) is 0 Å². The molecule has 102 valence electrons. The molecule has 0 spiro atoms. The first-order valence-electron chi connectivity index (χ1n) is 6.30. The van der Waals surface area contributed by atoms with Crippen LogP contribution in [0.5, 0.6) is 0 Å². The predicted molar refractivity (Wildman–Crippen MR) is 83.1 cm³/mol. The third-order valence-corrected chi connectivity index (χ3v) is 4.11. The molecule has 2 aromatic rings. The smallest absolute Gasteiger partial charge is 0.185 e. The van der Waals surface area contributed by atoms with Crippen molar-refractivity contribution in [2.24, 2.45) is 0 Å². The van der Waals surface area contributed by atoms with E-state index >= 15 is 0 Å². The van der Waals surface area contributed by atoms with Crippen LogP contribution in [0.2, 0.25) is 5.02 Å². The van der Waals surface area contributed by atoms with Crippen LogP contribution in [0.1, 0.15) is 17.4 Å². The first kappa shape index (κ1) is 14.3. The molecule has 0 unspecified atom stereocenters. The van der Waals surface area contributed by atoms with Crippen LogP contribution < -0.4 is 10.2 Å². The summed E-state index contributed by atoms with van der Waals surface area (Å²) in [5.41, 5.74) is 1.23. The Morgan fingerprint density at radius 2 is 2.05 bits per heavy atom. The second-order valence-corrected chi connectivity index (χ2v) is 5.90. The molecule has 0 radical (unpaired) electrons. The SMILES string of the molecule is CCNCc1cnc(N(C)Cc2ccc(Cl)cc2)s1. The summed E-state index contributed by atoms with van der Waals surface area (Å²) in [5.74, 6) is 0. The van der Waals surface area contributed by atoms with Crippen molar-refractivity contribution in [2.75, 3.05) is 18.5 Å². The average Bonchev–Trinajstić information content (AvgIpc) is 2.88. The number of nitrogens with one attached hydrogen (secondary N) is 1. The van der Waals surface area contributed by atoms with Crippen molar-refractivity contribution in [3.63, 3.8) is 0 Å². The van der Waals surface area contributed by atoms with Gasteiger partial charge in [0.1, 0.15) is 0 Å². The van der Waals surface area contributed by atoms with Crippen LogP contribution in [0, 0.1) is 0 Å². The standard InChI is InChI=1S/C14H18ClN3S/c1-3-16-8-13-9-17-14(19-13)18(2)10-11-4-6-12(15)7-5-11/h4-7,9,16H,3,8,10H2,1-2H3. The van der Waals surface area contributed by atoms with Crippen molar-refractivity contribution in [1.29, 1.82) is 0 Å². The number of rotatable bonds is 6. The van der Waals surface area contributed by atoms with Gasteiger partial charge < -0.3 is 10.2 Å². The predicted octanol–water partition coefficient (Wildman–Crippen LogP) is 3.54. The van der Waals surface area contributed by atoms with E-state index in [1.54, 1.807) is 11.3 Å². The molecule has 19 heavy (non-hydrogen) atoms. The van der Waals surface area contributed by atoms with Crippen molar-refractivity contribution in [2.45, 2.75) is 20.0 Å². The van der Waals surface area contributed by atoms with Crippen LogP contribution in [-0.4, -0.2) is 18.6 Å². The second kappa shape index (κ2) is 6.89. The minimum Gasteiger partial charge on any atom is -0.347 e. The number of hydrogen-bond donors (Lipinski definition) is 1. The molecule has 0 aliphatic heterocycles. The molecule has 0 saturated heterocycles. The molecule has 3 nitrogen and oxygen atoms in total. The van der Waals surface area contributed by atoms with Gasteiger partial charge in [-0.05, 0) is 24.2 Å². The first-order chi connectivity index (χ1) is 9.19. The molecule has 1 N–H and O–H groups in total. The summed E-state index contributed by atoms with van der Waals surface area (Å²) in [6.45, 7) is 4.82. The third-order valence-electron chi connectivity index (χ3n) is 2.75. The van der Waals surface area contributed by atoms with Crippen LogP contribution in [0.25, 0.3) is 0 Å². The van der Waals surface area contributed by atoms with Gasteiger partial charge in [0.2, 0.25) is 0 Å². The summed E-state index contributed by atoms with van der Waals surface area (Å²) in [7, 11) is 2.06. The van der Waals surface area contributed by atoms with Crippen molar-refractivity contribution in [3.8, 4) is 0 Å². The Morgan fingerprint density at radius 1 is 1.32 bits per heavy atom. The molecule has 0 saturated carbocycles. The molecule has 0 amide bonds. The fraction of sp³-hybridized carbons (Fsp3) is 0.357. The van der Waals surface area contributed by atoms with Crippen molar-refractivity contribution in [1.82, 2.24) is 10.3 Å². The van der Waals surface area contributed by atoms with E-state index in [2.05, 4.69) is 29.2 Å². The van der Waals surface area contributed by atoms with Gasteiger partial charge in [0.05, 0.1) is 0 Å². The van der Waals surface area contributed by atoms with E-state index in [4.69, 9.17) is 11.6 Å². The Kier molecular flexibility index (Phi) is 5.19. The monoisotopic (exact) mass is 295 g/mol. The lowest BCUT2D eigenvalue weighted by molar-refractivity contribution is 0.734. The van der Waals surface area contributed by atoms with Crippen molar-refractivity contribution in [3.05, 3.63) is 45.9 Å². The quantitative estimate of drug-likeness (QED) is 0.883. The molecular formula is C14H18ClN3S. The van der Waals surface area contributed by atoms with Gasteiger partial charge in [-0.15, -0.1) is 11.3 Å². The zero-order chi connectivity index (χ0) is 13.7. The zero-order valence-electron chi connectivity index (χ0n) is 11.2.